The molecule has 0 spiro atoms. The first-order chi connectivity index (χ1) is 12.7. The Bertz CT molecular complexity index is 1020. The molecule has 1 saturated heterocycles. The van der Waals surface area contributed by atoms with Gasteiger partial charge < -0.3 is 10.0 Å². The molecule has 0 aromatic heterocycles. The van der Waals surface area contributed by atoms with E-state index in [4.69, 9.17) is 11.6 Å². The van der Waals surface area contributed by atoms with Gasteiger partial charge >= 0.3 is 5.97 Å². The summed E-state index contributed by atoms with van der Waals surface area (Å²) in [6, 6.07) is 8.81. The maximum Gasteiger partial charge on any atom is 0.339 e. The van der Waals surface area contributed by atoms with Crippen molar-refractivity contribution in [3.63, 3.8) is 0 Å². The Hall–Kier alpha value is -2.58. The number of rotatable bonds is 5. The van der Waals surface area contributed by atoms with Gasteiger partial charge in [-0.1, -0.05) is 17.7 Å². The van der Waals surface area contributed by atoms with Gasteiger partial charge in [-0.05, 0) is 49.2 Å². The van der Waals surface area contributed by atoms with E-state index in [1.807, 2.05) is 0 Å². The summed E-state index contributed by atoms with van der Waals surface area (Å²) in [5, 5.41) is 9.30. The largest absolute Gasteiger partial charge is 0.478 e. The lowest BCUT2D eigenvalue weighted by Crippen LogP contribution is -2.23. The molecule has 1 aliphatic heterocycles. The van der Waals surface area contributed by atoms with Crippen LogP contribution in [0.4, 0.5) is 11.4 Å². The molecule has 7 nitrogen and oxygen atoms in total. The van der Waals surface area contributed by atoms with Crippen LogP contribution in [-0.4, -0.2) is 31.9 Å². The monoisotopic (exact) mass is 408 g/mol. The van der Waals surface area contributed by atoms with E-state index in [0.717, 1.165) is 6.42 Å². The normalized spacial score (nSPS) is 14.4. The maximum absolute atomic E-state index is 12.7. The van der Waals surface area contributed by atoms with Crippen LogP contribution in [0.5, 0.6) is 0 Å². The molecule has 3 rings (SSSR count). The van der Waals surface area contributed by atoms with Crippen molar-refractivity contribution in [2.75, 3.05) is 16.2 Å². The van der Waals surface area contributed by atoms with E-state index in [0.29, 0.717) is 24.2 Å². The zero-order chi connectivity index (χ0) is 19.8. The van der Waals surface area contributed by atoms with Gasteiger partial charge in [0, 0.05) is 18.7 Å². The zero-order valence-electron chi connectivity index (χ0n) is 14.4. The highest BCUT2D eigenvalue weighted by molar-refractivity contribution is 7.92. The van der Waals surface area contributed by atoms with Gasteiger partial charge in [0.1, 0.15) is 5.56 Å². The number of nitrogens with zero attached hydrogens (tertiary/aromatic N) is 1. The second kappa shape index (κ2) is 7.21. The second-order valence-corrected chi connectivity index (χ2v) is 8.26. The fraction of sp³-hybridized carbons (Fsp3) is 0.222. The molecule has 2 aromatic carbocycles. The zero-order valence-corrected chi connectivity index (χ0v) is 16.0. The van der Waals surface area contributed by atoms with Crippen molar-refractivity contribution < 1.29 is 23.1 Å². The summed E-state index contributed by atoms with van der Waals surface area (Å²) in [6.45, 7) is 2.19. The standard InChI is InChI=1S/C18H17ClN2O5S/c1-11-4-9-14(19)16(18(23)24)17(11)20-27(25,26)13-7-5-12(6-8-13)21-10-2-3-15(21)22/h4-9,20H,2-3,10H2,1H3,(H,23,24). The minimum absolute atomic E-state index is 0.00406. The van der Waals surface area contributed by atoms with E-state index in [1.165, 1.54) is 24.3 Å². The Morgan fingerprint density at radius 2 is 1.85 bits per heavy atom. The molecule has 27 heavy (non-hydrogen) atoms. The SMILES string of the molecule is Cc1ccc(Cl)c(C(=O)O)c1NS(=O)(=O)c1ccc(N2CCCC2=O)cc1. The molecular weight excluding hydrogens is 392 g/mol. The molecule has 0 saturated carbocycles. The number of aromatic carboxylic acids is 1. The lowest BCUT2D eigenvalue weighted by molar-refractivity contribution is -0.117. The van der Waals surface area contributed by atoms with Crippen molar-refractivity contribution in [2.24, 2.45) is 0 Å². The number of hydrogen-bond donors (Lipinski definition) is 2. The van der Waals surface area contributed by atoms with Crippen LogP contribution in [0.1, 0.15) is 28.8 Å². The summed E-state index contributed by atoms with van der Waals surface area (Å²) >= 11 is 5.93. The van der Waals surface area contributed by atoms with Gasteiger partial charge in [0.05, 0.1) is 15.6 Å². The smallest absolute Gasteiger partial charge is 0.339 e. The van der Waals surface area contributed by atoms with Crippen molar-refractivity contribution in [2.45, 2.75) is 24.7 Å². The van der Waals surface area contributed by atoms with Crippen LogP contribution in [-0.2, 0) is 14.8 Å². The van der Waals surface area contributed by atoms with E-state index >= 15 is 0 Å². The lowest BCUT2D eigenvalue weighted by Gasteiger charge is -2.17. The molecule has 142 valence electrons. The van der Waals surface area contributed by atoms with E-state index in [-0.39, 0.29) is 27.1 Å². The van der Waals surface area contributed by atoms with Crippen LogP contribution in [0.3, 0.4) is 0 Å². The lowest BCUT2D eigenvalue weighted by atomic mass is 10.1. The molecule has 0 bridgehead atoms. The number of hydrogen-bond acceptors (Lipinski definition) is 4. The molecule has 0 radical (unpaired) electrons. The van der Waals surface area contributed by atoms with E-state index < -0.39 is 16.0 Å². The molecule has 1 aliphatic rings. The first kappa shape index (κ1) is 19.2. The summed E-state index contributed by atoms with van der Waals surface area (Å²) in [4.78, 5) is 24.8. The van der Waals surface area contributed by atoms with E-state index in [2.05, 4.69) is 4.72 Å². The van der Waals surface area contributed by atoms with Crippen molar-refractivity contribution in [3.05, 3.63) is 52.5 Å². The minimum Gasteiger partial charge on any atom is -0.478 e. The predicted molar refractivity (Wildman–Crippen MR) is 102 cm³/mol. The number of sulfonamides is 1. The molecule has 2 aromatic rings. The fourth-order valence-electron chi connectivity index (χ4n) is 2.94. The van der Waals surface area contributed by atoms with Crippen molar-refractivity contribution in [1.29, 1.82) is 0 Å². The first-order valence-corrected chi connectivity index (χ1v) is 10.0. The topological polar surface area (TPSA) is 104 Å². The van der Waals surface area contributed by atoms with Crippen molar-refractivity contribution in [3.8, 4) is 0 Å². The van der Waals surface area contributed by atoms with E-state index in [9.17, 15) is 23.1 Å². The Morgan fingerprint density at radius 1 is 1.19 bits per heavy atom. The molecule has 9 heteroatoms. The molecular formula is C18H17ClN2O5S. The van der Waals surface area contributed by atoms with Gasteiger partial charge in [0.15, 0.2) is 0 Å². The number of carboxylic acid groups (broad SMARTS) is 1. The highest BCUT2D eigenvalue weighted by Crippen LogP contribution is 2.30. The predicted octanol–water partition coefficient (Wildman–Crippen LogP) is 3.27. The van der Waals surface area contributed by atoms with Crippen molar-refractivity contribution >= 4 is 44.9 Å². The average molecular weight is 409 g/mol. The minimum atomic E-state index is -4.04. The summed E-state index contributed by atoms with van der Waals surface area (Å²) in [6.07, 6.45) is 1.25. The first-order valence-electron chi connectivity index (χ1n) is 8.16. The van der Waals surface area contributed by atoms with E-state index in [1.54, 1.807) is 24.0 Å². The van der Waals surface area contributed by atoms with Crippen LogP contribution < -0.4 is 9.62 Å². The summed E-state index contributed by atoms with van der Waals surface area (Å²) in [7, 11) is -4.04. The van der Waals surface area contributed by atoms with Crippen LogP contribution >= 0.6 is 11.6 Å². The number of halogens is 1. The van der Waals surface area contributed by atoms with Gasteiger partial charge in [0.2, 0.25) is 5.91 Å². The average Bonchev–Trinajstić information content (AvgIpc) is 3.04. The Morgan fingerprint density at radius 3 is 2.41 bits per heavy atom. The number of nitrogens with one attached hydrogen (secondary N) is 1. The van der Waals surface area contributed by atoms with Gasteiger partial charge in [0.25, 0.3) is 10.0 Å². The number of anilines is 2. The second-order valence-electron chi connectivity index (χ2n) is 6.17. The number of aryl methyl sites for hydroxylation is 1. The van der Waals surface area contributed by atoms with Crippen LogP contribution in [0.25, 0.3) is 0 Å². The van der Waals surface area contributed by atoms with Gasteiger partial charge in [-0.15, -0.1) is 0 Å². The maximum atomic E-state index is 12.7. The molecule has 1 fully saturated rings. The number of carboxylic acids is 1. The van der Waals surface area contributed by atoms with Gasteiger partial charge in [-0.3, -0.25) is 9.52 Å². The van der Waals surface area contributed by atoms with Crippen LogP contribution in [0.2, 0.25) is 5.02 Å². The Labute approximate surface area is 161 Å². The number of benzene rings is 2. The third kappa shape index (κ3) is 3.77. The fourth-order valence-corrected chi connectivity index (χ4v) is 4.32. The summed E-state index contributed by atoms with van der Waals surface area (Å²) in [5.41, 5.74) is 0.676. The highest BCUT2D eigenvalue weighted by atomic mass is 35.5. The highest BCUT2D eigenvalue weighted by Gasteiger charge is 2.24. The summed E-state index contributed by atoms with van der Waals surface area (Å²) < 4.78 is 27.7. The number of carbonyl (C=O) groups excluding carboxylic acids is 1. The van der Waals surface area contributed by atoms with Crippen molar-refractivity contribution in [1.82, 2.24) is 0 Å². The quantitative estimate of drug-likeness (QED) is 0.790. The van der Waals surface area contributed by atoms with Gasteiger partial charge in [-0.25, -0.2) is 13.2 Å². The molecule has 0 atom stereocenters. The van der Waals surface area contributed by atoms with Gasteiger partial charge in [-0.2, -0.15) is 0 Å². The Balaban J connectivity index is 1.93. The Kier molecular flexibility index (Phi) is 5.12. The molecule has 1 heterocycles. The molecule has 0 unspecified atom stereocenters. The van der Waals surface area contributed by atoms with Crippen LogP contribution in [0.15, 0.2) is 41.3 Å². The van der Waals surface area contributed by atoms with Crippen LogP contribution in [0, 0.1) is 6.92 Å². The third-order valence-electron chi connectivity index (χ3n) is 4.35. The molecule has 2 N–H and O–H groups in total. The molecule has 1 amide bonds. The molecule has 0 aliphatic carbocycles. The number of amides is 1. The number of carbonyl (C=O) groups is 2. The third-order valence-corrected chi connectivity index (χ3v) is 6.03. The summed E-state index contributed by atoms with van der Waals surface area (Å²) in [5.74, 6) is -1.33.